The Labute approximate surface area is 135 Å². The van der Waals surface area contributed by atoms with Crippen LogP contribution in [0.4, 0.5) is 5.82 Å². The lowest BCUT2D eigenvalue weighted by atomic mass is 10.2. The van der Waals surface area contributed by atoms with E-state index in [0.29, 0.717) is 11.2 Å². The van der Waals surface area contributed by atoms with Crippen molar-refractivity contribution in [2.24, 2.45) is 0 Å². The molecule has 2 heterocycles. The van der Waals surface area contributed by atoms with Crippen LogP contribution in [-0.2, 0) is 20.4 Å². The number of anilines is 1. The van der Waals surface area contributed by atoms with Crippen molar-refractivity contribution in [3.05, 3.63) is 12.7 Å². The van der Waals surface area contributed by atoms with E-state index in [4.69, 9.17) is 15.5 Å². The van der Waals surface area contributed by atoms with E-state index in [1.165, 1.54) is 24.1 Å². The highest BCUT2D eigenvalue weighted by molar-refractivity contribution is 7.46. The summed E-state index contributed by atoms with van der Waals surface area (Å²) in [5.41, 5.74) is 6.36. The predicted octanol–water partition coefficient (Wildman–Crippen LogP) is -1.62. The van der Waals surface area contributed by atoms with Crippen molar-refractivity contribution in [2.45, 2.75) is 25.6 Å². The number of aromatic nitrogens is 4. The molecule has 6 N–H and O–H groups in total. The highest BCUT2D eigenvalue weighted by Crippen LogP contribution is 2.38. The Bertz CT molecular complexity index is 775. The molecular weight excluding hydrogens is 343 g/mol. The molecule has 24 heavy (non-hydrogen) atoms. The summed E-state index contributed by atoms with van der Waals surface area (Å²) in [5, 5.41) is 11.7. The van der Waals surface area contributed by atoms with Crippen LogP contribution in [0, 0.1) is 0 Å². The van der Waals surface area contributed by atoms with Crippen LogP contribution in [0.5, 0.6) is 0 Å². The molecule has 0 radical (unpaired) electrons. The van der Waals surface area contributed by atoms with Gasteiger partial charge in [0.2, 0.25) is 5.91 Å². The number of phosphoric acid groups is 1. The monoisotopic (exact) mass is 360 g/mol. The fourth-order valence-corrected chi connectivity index (χ4v) is 2.60. The van der Waals surface area contributed by atoms with Gasteiger partial charge in [0.1, 0.15) is 18.4 Å². The first-order valence-corrected chi connectivity index (χ1v) is 8.29. The molecule has 13 heteroatoms. The third-order valence-electron chi connectivity index (χ3n) is 3.16. The van der Waals surface area contributed by atoms with Crippen molar-refractivity contribution < 1.29 is 28.8 Å². The molecule has 0 saturated heterocycles. The second-order valence-corrected chi connectivity index (χ2v) is 6.15. The van der Waals surface area contributed by atoms with Gasteiger partial charge in [-0.2, -0.15) is 0 Å². The Kier molecular flexibility index (Phi) is 5.47. The molecule has 1 amide bonds. The number of nitrogens with two attached hydrogens (primary N) is 1. The van der Waals surface area contributed by atoms with Crippen LogP contribution in [0.3, 0.4) is 0 Å². The van der Waals surface area contributed by atoms with E-state index in [9.17, 15) is 14.5 Å². The molecule has 0 aliphatic rings. The van der Waals surface area contributed by atoms with Crippen molar-refractivity contribution >= 4 is 30.7 Å². The number of fused-ring (bicyclic) bond motifs is 1. The van der Waals surface area contributed by atoms with E-state index < -0.39 is 32.5 Å². The molecule has 0 fully saturated rings. The molecule has 0 aliphatic heterocycles. The number of carbonyl (C=O) groups excluding carboxylic acids is 1. The number of aliphatic hydroxyl groups excluding tert-OH is 1. The summed E-state index contributed by atoms with van der Waals surface area (Å²) < 4.78 is 16.7. The van der Waals surface area contributed by atoms with E-state index in [2.05, 4.69) is 24.8 Å². The van der Waals surface area contributed by atoms with Crippen LogP contribution >= 0.6 is 7.82 Å². The van der Waals surface area contributed by atoms with Gasteiger partial charge >= 0.3 is 7.82 Å². The molecule has 2 aromatic heterocycles. The van der Waals surface area contributed by atoms with Crippen LogP contribution in [0.1, 0.15) is 6.92 Å². The number of imidazole rings is 1. The normalized spacial score (nSPS) is 14.5. The molecular formula is C11H17N6O6P. The topological polar surface area (TPSA) is 186 Å². The van der Waals surface area contributed by atoms with Crippen LogP contribution < -0.4 is 11.1 Å². The van der Waals surface area contributed by atoms with Crippen LogP contribution in [0.2, 0.25) is 0 Å². The number of nitrogens with one attached hydrogen (secondary N) is 1. The zero-order chi connectivity index (χ0) is 17.9. The number of hydrogen-bond donors (Lipinski definition) is 5. The standard InChI is InChI=1S/C11H17N6O6P/c1-6(23-24(20,21)22)7(3-18)16-8(19)2-17-5-15-9-10(12)13-4-14-11(9)17/h4-7,18H,2-3H2,1H3,(H,16,19)(H2,12,13,14)(H2,20,21,22). The maximum Gasteiger partial charge on any atom is 0.469 e. The highest BCUT2D eigenvalue weighted by atomic mass is 31.2. The van der Waals surface area contributed by atoms with Gasteiger partial charge in [-0.25, -0.2) is 19.5 Å². The van der Waals surface area contributed by atoms with E-state index in [1.807, 2.05) is 0 Å². The molecule has 2 rings (SSSR count). The summed E-state index contributed by atoms with van der Waals surface area (Å²) >= 11 is 0. The Morgan fingerprint density at radius 1 is 1.46 bits per heavy atom. The third-order valence-corrected chi connectivity index (χ3v) is 3.76. The summed E-state index contributed by atoms with van der Waals surface area (Å²) in [4.78, 5) is 41.4. The van der Waals surface area contributed by atoms with Gasteiger partial charge in [0.05, 0.1) is 25.1 Å². The second-order valence-electron chi connectivity index (χ2n) is 4.96. The van der Waals surface area contributed by atoms with Crippen molar-refractivity contribution in [1.29, 1.82) is 0 Å². The smallest absolute Gasteiger partial charge is 0.394 e. The van der Waals surface area contributed by atoms with Crippen molar-refractivity contribution in [1.82, 2.24) is 24.8 Å². The van der Waals surface area contributed by atoms with Gasteiger partial charge in [-0.05, 0) is 6.92 Å². The average Bonchev–Trinajstić information content (AvgIpc) is 2.87. The first kappa shape index (κ1) is 18.2. The number of nitrogens with zero attached hydrogens (tertiary/aromatic N) is 4. The minimum atomic E-state index is -4.74. The molecule has 0 saturated carbocycles. The first-order valence-electron chi connectivity index (χ1n) is 6.76. The van der Waals surface area contributed by atoms with Crippen molar-refractivity contribution in [3.63, 3.8) is 0 Å². The molecule has 2 aromatic rings. The molecule has 12 nitrogen and oxygen atoms in total. The summed E-state index contributed by atoms with van der Waals surface area (Å²) in [5.74, 6) is -0.359. The van der Waals surface area contributed by atoms with E-state index in [-0.39, 0.29) is 12.4 Å². The fraction of sp³-hybridized carbons (Fsp3) is 0.455. The fourth-order valence-electron chi connectivity index (χ4n) is 2.02. The zero-order valence-corrected chi connectivity index (χ0v) is 13.5. The molecule has 0 aliphatic carbocycles. The number of nitrogen functional groups attached to an aromatic ring is 1. The van der Waals surface area contributed by atoms with Crippen molar-refractivity contribution in [2.75, 3.05) is 12.3 Å². The first-order chi connectivity index (χ1) is 11.2. The Hall–Kier alpha value is -2.11. The highest BCUT2D eigenvalue weighted by Gasteiger charge is 2.27. The maximum absolute atomic E-state index is 12.1. The molecule has 2 unspecified atom stereocenters. The predicted molar refractivity (Wildman–Crippen MR) is 81.3 cm³/mol. The van der Waals surface area contributed by atoms with Gasteiger partial charge in [-0.15, -0.1) is 0 Å². The number of phosphoric ester groups is 1. The molecule has 0 bridgehead atoms. The van der Waals surface area contributed by atoms with Crippen LogP contribution in [0.25, 0.3) is 11.2 Å². The summed E-state index contributed by atoms with van der Waals surface area (Å²) in [6, 6.07) is -1.00. The SMILES string of the molecule is CC(OP(=O)(O)O)C(CO)NC(=O)Cn1cnc2c(N)ncnc21. The molecule has 0 spiro atoms. The second kappa shape index (κ2) is 7.20. The lowest BCUT2D eigenvalue weighted by Gasteiger charge is -2.23. The maximum atomic E-state index is 12.1. The summed E-state index contributed by atoms with van der Waals surface area (Å²) in [6.45, 7) is 0.569. The number of carbonyl (C=O) groups is 1. The van der Waals surface area contributed by atoms with Gasteiger partial charge < -0.3 is 30.5 Å². The largest absolute Gasteiger partial charge is 0.469 e. The zero-order valence-electron chi connectivity index (χ0n) is 12.6. The molecule has 0 aromatic carbocycles. The molecule has 132 valence electrons. The minimum absolute atomic E-state index is 0.177. The number of amides is 1. The number of rotatable bonds is 7. The van der Waals surface area contributed by atoms with Gasteiger partial charge in [0.15, 0.2) is 11.5 Å². The average molecular weight is 360 g/mol. The van der Waals surface area contributed by atoms with E-state index in [0.717, 1.165) is 0 Å². The third kappa shape index (κ3) is 4.46. The van der Waals surface area contributed by atoms with Crippen molar-refractivity contribution in [3.8, 4) is 0 Å². The Morgan fingerprint density at radius 3 is 2.79 bits per heavy atom. The lowest BCUT2D eigenvalue weighted by molar-refractivity contribution is -0.123. The van der Waals surface area contributed by atoms with Gasteiger partial charge in [-0.3, -0.25) is 9.32 Å². The van der Waals surface area contributed by atoms with Gasteiger partial charge in [-0.1, -0.05) is 0 Å². The summed E-state index contributed by atoms with van der Waals surface area (Å²) in [7, 11) is -4.74. The van der Waals surface area contributed by atoms with Gasteiger partial charge in [0.25, 0.3) is 0 Å². The number of hydrogen-bond acceptors (Lipinski definition) is 8. The van der Waals surface area contributed by atoms with E-state index in [1.54, 1.807) is 0 Å². The molecule has 2 atom stereocenters. The lowest BCUT2D eigenvalue weighted by Crippen LogP contribution is -2.46. The quantitative estimate of drug-likeness (QED) is 0.359. The Morgan fingerprint density at radius 2 is 2.17 bits per heavy atom. The van der Waals surface area contributed by atoms with E-state index >= 15 is 0 Å². The summed E-state index contributed by atoms with van der Waals surface area (Å²) in [6.07, 6.45) is 1.50. The van der Waals surface area contributed by atoms with Crippen LogP contribution in [0.15, 0.2) is 12.7 Å². The number of aliphatic hydroxyl groups is 1. The van der Waals surface area contributed by atoms with Gasteiger partial charge in [0, 0.05) is 0 Å². The van der Waals surface area contributed by atoms with Crippen LogP contribution in [-0.4, -0.2) is 59.1 Å². The minimum Gasteiger partial charge on any atom is -0.394 e. The Balaban J connectivity index is 2.05.